The molecule has 1 aliphatic carbocycles. The molecule has 1 saturated heterocycles. The molecule has 208 valence electrons. The Morgan fingerprint density at radius 2 is 1.90 bits per heavy atom. The predicted octanol–water partition coefficient (Wildman–Crippen LogP) is 3.59. The maximum Gasteiger partial charge on any atom is 0.331 e. The van der Waals surface area contributed by atoms with E-state index in [4.69, 9.17) is 5.26 Å². The van der Waals surface area contributed by atoms with E-state index >= 15 is 0 Å². The monoisotopic (exact) mass is 546 g/mol. The Bertz CT molecular complexity index is 1650. The molecular formula is C29H31FN6O4. The summed E-state index contributed by atoms with van der Waals surface area (Å²) in [5.41, 5.74) is 0.217. The summed E-state index contributed by atoms with van der Waals surface area (Å²) in [6.07, 6.45) is 3.26. The van der Waals surface area contributed by atoms with Crippen molar-refractivity contribution in [2.75, 3.05) is 18.4 Å². The lowest BCUT2D eigenvalue weighted by Crippen LogP contribution is -2.50. The van der Waals surface area contributed by atoms with E-state index in [0.717, 1.165) is 18.9 Å². The number of anilines is 1. The fourth-order valence-corrected chi connectivity index (χ4v) is 5.19. The van der Waals surface area contributed by atoms with Crippen molar-refractivity contribution in [3.05, 3.63) is 74.2 Å². The van der Waals surface area contributed by atoms with E-state index in [1.165, 1.54) is 16.7 Å². The zero-order valence-electron chi connectivity index (χ0n) is 22.4. The predicted molar refractivity (Wildman–Crippen MR) is 148 cm³/mol. The van der Waals surface area contributed by atoms with Crippen LogP contribution in [0.2, 0.25) is 0 Å². The van der Waals surface area contributed by atoms with Crippen molar-refractivity contribution in [1.82, 2.24) is 19.4 Å². The van der Waals surface area contributed by atoms with Crippen LogP contribution in [0.15, 0.2) is 46.0 Å². The number of fused-ring (bicyclic) bond motifs is 1. The lowest BCUT2D eigenvalue weighted by atomic mass is 10.0. The third-order valence-electron chi connectivity index (χ3n) is 7.46. The maximum absolute atomic E-state index is 14.3. The molecule has 0 unspecified atom stereocenters. The molecular weight excluding hydrogens is 515 g/mol. The first-order valence-corrected chi connectivity index (χ1v) is 13.5. The van der Waals surface area contributed by atoms with Gasteiger partial charge >= 0.3 is 11.7 Å². The SMILES string of the molecule is CC(C)n1c(=O)n(CC2CC2)c(=O)c2cc(NC(=O)N3CCC[C@@H](NC(=O)c4ccc(C#N)cc4F)C3)ccc21. The number of nitrogens with one attached hydrogen (secondary N) is 2. The summed E-state index contributed by atoms with van der Waals surface area (Å²) in [6, 6.07) is 9.53. The highest BCUT2D eigenvalue weighted by Crippen LogP contribution is 2.30. The molecule has 1 saturated carbocycles. The zero-order chi connectivity index (χ0) is 28.6. The van der Waals surface area contributed by atoms with E-state index < -0.39 is 17.8 Å². The van der Waals surface area contributed by atoms with Crippen LogP contribution >= 0.6 is 0 Å². The number of nitriles is 1. The molecule has 11 heteroatoms. The minimum absolute atomic E-state index is 0.123. The molecule has 2 aliphatic rings. The van der Waals surface area contributed by atoms with Crippen molar-refractivity contribution in [3.63, 3.8) is 0 Å². The van der Waals surface area contributed by atoms with Gasteiger partial charge < -0.3 is 15.5 Å². The fraction of sp³-hybridized carbons (Fsp3) is 0.414. The molecule has 2 heterocycles. The molecule has 40 heavy (non-hydrogen) atoms. The third kappa shape index (κ3) is 5.47. The average Bonchev–Trinajstić information content (AvgIpc) is 3.75. The number of urea groups is 1. The minimum Gasteiger partial charge on any atom is -0.347 e. The summed E-state index contributed by atoms with van der Waals surface area (Å²) in [6.45, 7) is 4.87. The largest absolute Gasteiger partial charge is 0.347 e. The van der Waals surface area contributed by atoms with Gasteiger partial charge in [-0.3, -0.25) is 18.7 Å². The normalized spacial score (nSPS) is 17.1. The Kier molecular flexibility index (Phi) is 7.43. The zero-order valence-corrected chi connectivity index (χ0v) is 22.4. The molecule has 0 bridgehead atoms. The number of hydrogen-bond acceptors (Lipinski definition) is 5. The average molecular weight is 547 g/mol. The van der Waals surface area contributed by atoms with Gasteiger partial charge in [-0.05, 0) is 81.8 Å². The van der Waals surface area contributed by atoms with Gasteiger partial charge in [0.25, 0.3) is 11.5 Å². The van der Waals surface area contributed by atoms with Gasteiger partial charge in [-0.25, -0.2) is 14.0 Å². The molecule has 2 N–H and O–H groups in total. The highest BCUT2D eigenvalue weighted by Gasteiger charge is 2.27. The van der Waals surface area contributed by atoms with Gasteiger partial charge in [-0.1, -0.05) is 0 Å². The number of rotatable bonds is 6. The third-order valence-corrected chi connectivity index (χ3v) is 7.46. The van der Waals surface area contributed by atoms with Crippen LogP contribution in [0.3, 0.4) is 0 Å². The molecule has 3 amide bonds. The van der Waals surface area contributed by atoms with E-state index in [2.05, 4.69) is 10.6 Å². The Morgan fingerprint density at radius 1 is 1.12 bits per heavy atom. The lowest BCUT2D eigenvalue weighted by Gasteiger charge is -2.33. The second-order valence-electron chi connectivity index (χ2n) is 10.8. The molecule has 1 aliphatic heterocycles. The van der Waals surface area contributed by atoms with Crippen LogP contribution in [0, 0.1) is 23.1 Å². The van der Waals surface area contributed by atoms with E-state index in [9.17, 15) is 23.6 Å². The van der Waals surface area contributed by atoms with Gasteiger partial charge in [0.1, 0.15) is 5.82 Å². The van der Waals surface area contributed by atoms with Crippen molar-refractivity contribution in [2.24, 2.45) is 5.92 Å². The molecule has 1 atom stereocenters. The van der Waals surface area contributed by atoms with Gasteiger partial charge in [0, 0.05) is 37.4 Å². The summed E-state index contributed by atoms with van der Waals surface area (Å²) in [7, 11) is 0. The Balaban J connectivity index is 1.32. The summed E-state index contributed by atoms with van der Waals surface area (Å²) < 4.78 is 17.2. The Hall–Kier alpha value is -4.46. The van der Waals surface area contributed by atoms with Gasteiger partial charge in [0.05, 0.1) is 28.1 Å². The number of piperidine rings is 1. The van der Waals surface area contributed by atoms with Crippen LogP contribution in [-0.2, 0) is 6.54 Å². The second kappa shape index (κ2) is 11.0. The molecule has 3 aromatic rings. The van der Waals surface area contributed by atoms with Gasteiger partial charge in [-0.2, -0.15) is 5.26 Å². The van der Waals surface area contributed by atoms with Crippen molar-refractivity contribution >= 4 is 28.5 Å². The van der Waals surface area contributed by atoms with Gasteiger partial charge in [-0.15, -0.1) is 0 Å². The van der Waals surface area contributed by atoms with Gasteiger partial charge in [0.2, 0.25) is 0 Å². The highest BCUT2D eigenvalue weighted by atomic mass is 19.1. The summed E-state index contributed by atoms with van der Waals surface area (Å²) >= 11 is 0. The van der Waals surface area contributed by atoms with Crippen LogP contribution in [-0.4, -0.2) is 45.1 Å². The fourth-order valence-electron chi connectivity index (χ4n) is 5.19. The van der Waals surface area contributed by atoms with E-state index in [1.54, 1.807) is 27.7 Å². The molecule has 2 fully saturated rings. The Labute approximate surface area is 230 Å². The van der Waals surface area contributed by atoms with E-state index in [1.807, 2.05) is 19.9 Å². The molecule has 5 rings (SSSR count). The van der Waals surface area contributed by atoms with E-state index in [-0.39, 0.29) is 41.0 Å². The second-order valence-corrected chi connectivity index (χ2v) is 10.8. The number of carbonyl (C=O) groups is 2. The van der Waals surface area contributed by atoms with Crippen molar-refractivity contribution in [3.8, 4) is 6.07 Å². The standard InChI is InChI=1S/C29H31FN6O4/c1-17(2)36-25-10-8-20(13-23(25)27(38)35(29(36)40)15-18-5-6-18)33-28(39)34-11-3-4-21(16-34)32-26(37)22-9-7-19(14-31)12-24(22)30/h7-10,12-13,17-18,21H,3-6,11,15-16H2,1-2H3,(H,32,37)(H,33,39)/t21-/m1/s1. The molecule has 0 radical (unpaired) electrons. The van der Waals surface area contributed by atoms with E-state index in [0.29, 0.717) is 48.4 Å². The lowest BCUT2D eigenvalue weighted by molar-refractivity contribution is 0.0909. The number of carbonyl (C=O) groups excluding carboxylic acids is 2. The number of nitrogens with zero attached hydrogens (tertiary/aromatic N) is 4. The number of likely N-dealkylation sites (tertiary alicyclic amines) is 1. The number of aromatic nitrogens is 2. The minimum atomic E-state index is -0.780. The van der Waals surface area contributed by atoms with Crippen LogP contribution in [0.4, 0.5) is 14.9 Å². The summed E-state index contributed by atoms with van der Waals surface area (Å²) in [5.74, 6) is -1.05. The van der Waals surface area contributed by atoms with Crippen LogP contribution in [0.5, 0.6) is 0 Å². The molecule has 0 spiro atoms. The first-order valence-electron chi connectivity index (χ1n) is 13.5. The topological polar surface area (TPSA) is 129 Å². The van der Waals surface area contributed by atoms with Crippen LogP contribution < -0.4 is 21.9 Å². The number of amides is 3. The summed E-state index contributed by atoms with van der Waals surface area (Å²) in [5, 5.41) is 14.9. The van der Waals surface area contributed by atoms with Crippen LogP contribution in [0.25, 0.3) is 10.9 Å². The molecule has 2 aromatic carbocycles. The van der Waals surface area contributed by atoms with Crippen molar-refractivity contribution < 1.29 is 14.0 Å². The highest BCUT2D eigenvalue weighted by molar-refractivity contribution is 5.95. The number of hydrogen-bond donors (Lipinski definition) is 2. The number of benzene rings is 2. The molecule has 1 aromatic heterocycles. The van der Waals surface area contributed by atoms with Crippen molar-refractivity contribution in [2.45, 2.75) is 58.2 Å². The number of halogens is 1. The molecule has 10 nitrogen and oxygen atoms in total. The van der Waals surface area contributed by atoms with Gasteiger partial charge in [0.15, 0.2) is 0 Å². The van der Waals surface area contributed by atoms with Crippen molar-refractivity contribution in [1.29, 1.82) is 5.26 Å². The first-order chi connectivity index (χ1) is 19.2. The first kappa shape index (κ1) is 27.1. The summed E-state index contributed by atoms with van der Waals surface area (Å²) in [4.78, 5) is 53.7. The smallest absolute Gasteiger partial charge is 0.331 e. The maximum atomic E-state index is 14.3. The quantitative estimate of drug-likeness (QED) is 0.488. The van der Waals surface area contributed by atoms with Crippen LogP contribution in [0.1, 0.15) is 61.5 Å². The Morgan fingerprint density at radius 3 is 2.58 bits per heavy atom.